The largest absolute Gasteiger partial charge is 0.350 e. The SMILES string of the molecule is CC(C)NC(=O)c1cnc(Nc2ccc3c(c2)CCNC3)nc1Nc1csc(C(C)(C)C)n1. The van der Waals surface area contributed by atoms with E-state index in [0.717, 1.165) is 30.2 Å². The van der Waals surface area contributed by atoms with E-state index in [1.807, 2.05) is 25.3 Å². The summed E-state index contributed by atoms with van der Waals surface area (Å²) in [6.45, 7) is 12.1. The molecule has 9 heteroatoms. The van der Waals surface area contributed by atoms with Gasteiger partial charge in [-0.05, 0) is 50.1 Å². The predicted molar refractivity (Wildman–Crippen MR) is 134 cm³/mol. The van der Waals surface area contributed by atoms with Gasteiger partial charge in [-0.2, -0.15) is 4.98 Å². The summed E-state index contributed by atoms with van der Waals surface area (Å²) in [5.41, 5.74) is 3.87. The number of benzene rings is 1. The van der Waals surface area contributed by atoms with Gasteiger partial charge in [0, 0.05) is 35.3 Å². The number of rotatable bonds is 6. The lowest BCUT2D eigenvalue weighted by Gasteiger charge is -2.18. The number of nitrogens with one attached hydrogen (secondary N) is 4. The Hall–Kier alpha value is -3.04. The molecule has 4 N–H and O–H groups in total. The van der Waals surface area contributed by atoms with Gasteiger partial charge in [-0.25, -0.2) is 9.97 Å². The van der Waals surface area contributed by atoms with Crippen LogP contribution < -0.4 is 21.3 Å². The Labute approximate surface area is 198 Å². The molecule has 3 aromatic rings. The Kier molecular flexibility index (Phi) is 6.62. The van der Waals surface area contributed by atoms with Crippen molar-refractivity contribution in [3.63, 3.8) is 0 Å². The maximum absolute atomic E-state index is 12.8. The van der Waals surface area contributed by atoms with Crippen molar-refractivity contribution in [3.05, 3.63) is 51.5 Å². The van der Waals surface area contributed by atoms with Gasteiger partial charge in [-0.3, -0.25) is 4.79 Å². The number of anilines is 4. The molecule has 1 aliphatic heterocycles. The van der Waals surface area contributed by atoms with Crippen LogP contribution in [0.3, 0.4) is 0 Å². The van der Waals surface area contributed by atoms with Crippen LogP contribution in [0.2, 0.25) is 0 Å². The van der Waals surface area contributed by atoms with Crippen LogP contribution in [0.15, 0.2) is 29.8 Å². The van der Waals surface area contributed by atoms with Crippen LogP contribution >= 0.6 is 11.3 Å². The van der Waals surface area contributed by atoms with E-state index in [2.05, 4.69) is 69.1 Å². The minimum absolute atomic E-state index is 0.0000903. The van der Waals surface area contributed by atoms with Crippen molar-refractivity contribution < 1.29 is 4.79 Å². The number of fused-ring (bicyclic) bond motifs is 1. The molecule has 0 aliphatic carbocycles. The Morgan fingerprint density at radius 3 is 2.70 bits per heavy atom. The van der Waals surface area contributed by atoms with E-state index in [1.165, 1.54) is 11.1 Å². The van der Waals surface area contributed by atoms with E-state index in [-0.39, 0.29) is 17.4 Å². The van der Waals surface area contributed by atoms with Crippen LogP contribution in [0.1, 0.15) is 61.1 Å². The quantitative estimate of drug-likeness (QED) is 0.425. The summed E-state index contributed by atoms with van der Waals surface area (Å²) in [4.78, 5) is 26.5. The molecule has 0 radical (unpaired) electrons. The first-order valence-electron chi connectivity index (χ1n) is 11.2. The minimum atomic E-state index is -0.230. The zero-order chi connectivity index (χ0) is 23.6. The zero-order valence-electron chi connectivity index (χ0n) is 19.7. The van der Waals surface area contributed by atoms with Crippen molar-refractivity contribution >= 4 is 40.5 Å². The summed E-state index contributed by atoms with van der Waals surface area (Å²) in [5, 5.41) is 15.8. The molecule has 0 atom stereocenters. The van der Waals surface area contributed by atoms with Crippen molar-refractivity contribution in [3.8, 4) is 0 Å². The van der Waals surface area contributed by atoms with Crippen LogP contribution in [-0.2, 0) is 18.4 Å². The molecule has 8 nitrogen and oxygen atoms in total. The maximum Gasteiger partial charge on any atom is 0.256 e. The molecular formula is C24H31N7OS. The molecule has 1 aliphatic rings. The Balaban J connectivity index is 1.62. The number of carbonyl (C=O) groups is 1. The van der Waals surface area contributed by atoms with Gasteiger partial charge in [0.25, 0.3) is 5.91 Å². The molecule has 0 bridgehead atoms. The van der Waals surface area contributed by atoms with E-state index < -0.39 is 0 Å². The summed E-state index contributed by atoms with van der Waals surface area (Å²) < 4.78 is 0. The molecule has 0 fully saturated rings. The van der Waals surface area contributed by atoms with Crippen LogP contribution in [0, 0.1) is 0 Å². The van der Waals surface area contributed by atoms with Crippen molar-refractivity contribution in [2.75, 3.05) is 17.2 Å². The number of hydrogen-bond donors (Lipinski definition) is 4. The molecule has 2 aromatic heterocycles. The second-order valence-corrected chi connectivity index (χ2v) is 10.4. The van der Waals surface area contributed by atoms with Gasteiger partial charge in [0.2, 0.25) is 5.95 Å². The monoisotopic (exact) mass is 465 g/mol. The molecular weight excluding hydrogens is 434 g/mol. The third-order valence-corrected chi connectivity index (χ3v) is 6.46. The number of nitrogens with zero attached hydrogens (tertiary/aromatic N) is 3. The highest BCUT2D eigenvalue weighted by Gasteiger charge is 2.21. The van der Waals surface area contributed by atoms with Gasteiger partial charge in [0.15, 0.2) is 0 Å². The fourth-order valence-corrected chi connectivity index (χ4v) is 4.36. The second-order valence-electron chi connectivity index (χ2n) is 9.53. The highest BCUT2D eigenvalue weighted by Crippen LogP contribution is 2.29. The molecule has 4 rings (SSSR count). The maximum atomic E-state index is 12.8. The number of aromatic nitrogens is 3. The third-order valence-electron chi connectivity index (χ3n) is 5.19. The Bertz CT molecular complexity index is 1150. The highest BCUT2D eigenvalue weighted by molar-refractivity contribution is 7.10. The molecule has 33 heavy (non-hydrogen) atoms. The lowest BCUT2D eigenvalue weighted by molar-refractivity contribution is 0.0943. The van der Waals surface area contributed by atoms with Gasteiger partial charge in [0.05, 0.1) is 0 Å². The van der Waals surface area contributed by atoms with Crippen molar-refractivity contribution in [2.45, 2.75) is 59.0 Å². The number of amides is 1. The molecule has 174 valence electrons. The van der Waals surface area contributed by atoms with Gasteiger partial charge in [0.1, 0.15) is 22.2 Å². The van der Waals surface area contributed by atoms with Gasteiger partial charge in [-0.1, -0.05) is 26.8 Å². The Morgan fingerprint density at radius 2 is 1.97 bits per heavy atom. The fraction of sp³-hybridized carbons (Fsp3) is 0.417. The smallest absolute Gasteiger partial charge is 0.256 e. The first-order chi connectivity index (χ1) is 15.7. The molecule has 0 saturated heterocycles. The van der Waals surface area contributed by atoms with Gasteiger partial charge in [-0.15, -0.1) is 11.3 Å². The molecule has 0 saturated carbocycles. The summed E-state index contributed by atoms with van der Waals surface area (Å²) in [7, 11) is 0. The highest BCUT2D eigenvalue weighted by atomic mass is 32.1. The predicted octanol–water partition coefficient (Wildman–Crippen LogP) is 4.50. The average molecular weight is 466 g/mol. The molecule has 1 aromatic carbocycles. The van der Waals surface area contributed by atoms with Gasteiger partial charge >= 0.3 is 0 Å². The second kappa shape index (κ2) is 9.44. The molecule has 0 spiro atoms. The van der Waals surface area contributed by atoms with E-state index in [4.69, 9.17) is 0 Å². The van der Waals surface area contributed by atoms with Crippen LogP contribution in [0.25, 0.3) is 0 Å². The zero-order valence-corrected chi connectivity index (χ0v) is 20.6. The van der Waals surface area contributed by atoms with E-state index >= 15 is 0 Å². The lowest BCUT2D eigenvalue weighted by Crippen LogP contribution is -2.31. The molecule has 0 unspecified atom stereocenters. The third kappa shape index (κ3) is 5.66. The molecule has 1 amide bonds. The van der Waals surface area contributed by atoms with E-state index in [0.29, 0.717) is 23.1 Å². The lowest BCUT2D eigenvalue weighted by atomic mass is 9.98. The van der Waals surface area contributed by atoms with Crippen LogP contribution in [0.5, 0.6) is 0 Å². The summed E-state index contributed by atoms with van der Waals surface area (Å²) in [6.07, 6.45) is 2.54. The van der Waals surface area contributed by atoms with Gasteiger partial charge < -0.3 is 21.3 Å². The minimum Gasteiger partial charge on any atom is -0.350 e. The van der Waals surface area contributed by atoms with Crippen molar-refractivity contribution in [1.82, 2.24) is 25.6 Å². The standard InChI is InChI=1S/C24H31N7OS/c1-14(2)27-21(32)18-12-26-23(28-17-7-6-16-11-25-9-8-15(16)10-17)31-20(18)29-19-13-33-22(30-19)24(3,4)5/h6-7,10,12-14,25H,8-9,11H2,1-5H3,(H,27,32)(H2,26,28,29,31). The van der Waals surface area contributed by atoms with Crippen LogP contribution in [0.4, 0.5) is 23.3 Å². The summed E-state index contributed by atoms with van der Waals surface area (Å²) in [5.74, 6) is 1.26. The first-order valence-corrected chi connectivity index (χ1v) is 12.1. The van der Waals surface area contributed by atoms with Crippen LogP contribution in [-0.4, -0.2) is 33.4 Å². The first kappa shape index (κ1) is 23.1. The fourth-order valence-electron chi connectivity index (χ4n) is 3.52. The van der Waals surface area contributed by atoms with E-state index in [9.17, 15) is 4.79 Å². The number of thiazole rings is 1. The van der Waals surface area contributed by atoms with Crippen molar-refractivity contribution in [1.29, 1.82) is 0 Å². The number of carbonyl (C=O) groups excluding carboxylic acids is 1. The Morgan fingerprint density at radius 1 is 1.15 bits per heavy atom. The normalized spacial score (nSPS) is 13.5. The summed E-state index contributed by atoms with van der Waals surface area (Å²) >= 11 is 1.58. The average Bonchev–Trinajstić information content (AvgIpc) is 3.22. The topological polar surface area (TPSA) is 104 Å². The van der Waals surface area contributed by atoms with E-state index in [1.54, 1.807) is 17.5 Å². The van der Waals surface area contributed by atoms with Crippen molar-refractivity contribution in [2.24, 2.45) is 0 Å². The molecule has 3 heterocycles. The summed E-state index contributed by atoms with van der Waals surface area (Å²) in [6, 6.07) is 6.29. The number of hydrogen-bond acceptors (Lipinski definition) is 8.